The van der Waals surface area contributed by atoms with Gasteiger partial charge in [-0.3, -0.25) is 9.59 Å². The summed E-state index contributed by atoms with van der Waals surface area (Å²) in [5.74, 6) is 0.905. The second kappa shape index (κ2) is 12.6. The van der Waals surface area contributed by atoms with Gasteiger partial charge >= 0.3 is 0 Å². The van der Waals surface area contributed by atoms with E-state index in [1.165, 1.54) is 62.0 Å². The molecule has 3 aromatic rings. The van der Waals surface area contributed by atoms with Crippen LogP contribution in [-0.2, 0) is 19.9 Å². The third-order valence-electron chi connectivity index (χ3n) is 11.4. The van der Waals surface area contributed by atoms with Gasteiger partial charge in [0.2, 0.25) is 0 Å². The first-order valence-corrected chi connectivity index (χ1v) is 17.6. The van der Waals surface area contributed by atoms with Gasteiger partial charge in [0.1, 0.15) is 11.5 Å². The minimum atomic E-state index is -0.629. The molecule has 10 nitrogen and oxygen atoms in total. The van der Waals surface area contributed by atoms with Gasteiger partial charge in [-0.25, -0.2) is 9.97 Å². The van der Waals surface area contributed by atoms with Crippen molar-refractivity contribution in [3.8, 4) is 0 Å². The summed E-state index contributed by atoms with van der Waals surface area (Å²) in [5.41, 5.74) is 11.5. The quantitative estimate of drug-likeness (QED) is 0.306. The Kier molecular flexibility index (Phi) is 8.49. The van der Waals surface area contributed by atoms with Crippen LogP contribution in [0.15, 0.2) is 36.5 Å². The molecular weight excluding hydrogens is 588 g/mol. The number of hydrogen-bond acceptors (Lipinski definition) is 7. The van der Waals surface area contributed by atoms with Crippen molar-refractivity contribution in [2.75, 3.05) is 29.9 Å². The normalized spacial score (nSPS) is 23.3. The van der Waals surface area contributed by atoms with Gasteiger partial charge in [0.05, 0.1) is 6.20 Å². The Balaban J connectivity index is 1.03. The molecule has 0 unspecified atom stereocenters. The molecule has 3 fully saturated rings. The third-order valence-corrected chi connectivity index (χ3v) is 11.4. The molecule has 1 aromatic carbocycles. The van der Waals surface area contributed by atoms with E-state index in [-0.39, 0.29) is 29.1 Å². The molecule has 0 bridgehead atoms. The minimum absolute atomic E-state index is 0.0182. The zero-order valence-electron chi connectivity index (χ0n) is 28.4. The van der Waals surface area contributed by atoms with Crippen LogP contribution in [0.25, 0.3) is 0 Å². The lowest BCUT2D eigenvalue weighted by Gasteiger charge is -2.42. The number of likely N-dealkylation sites (tertiary alicyclic amines) is 1. The van der Waals surface area contributed by atoms with Gasteiger partial charge < -0.3 is 30.7 Å². The number of carbonyl (C=O) groups excluding carboxylic acids is 2. The molecule has 47 heavy (non-hydrogen) atoms. The summed E-state index contributed by atoms with van der Waals surface area (Å²) in [6.45, 7) is 9.82. The molecule has 2 saturated heterocycles. The summed E-state index contributed by atoms with van der Waals surface area (Å²) >= 11 is 0. The Bertz CT molecular complexity index is 1630. The predicted octanol–water partition coefficient (Wildman–Crippen LogP) is 5.30. The summed E-state index contributed by atoms with van der Waals surface area (Å²) in [4.78, 5) is 40.1. The molecule has 4 aliphatic rings. The lowest BCUT2D eigenvalue weighted by molar-refractivity contribution is 0.0914. The number of nitrogens with zero attached hydrogens (tertiary/aromatic N) is 5. The van der Waals surface area contributed by atoms with Gasteiger partial charge in [0.15, 0.2) is 11.5 Å². The number of aromatic nitrogens is 3. The Labute approximate surface area is 278 Å². The summed E-state index contributed by atoms with van der Waals surface area (Å²) in [7, 11) is 2.00. The van der Waals surface area contributed by atoms with Gasteiger partial charge in [-0.2, -0.15) is 0 Å². The highest BCUT2D eigenvalue weighted by Gasteiger charge is 2.35. The number of fused-ring (bicyclic) bond motifs is 1. The lowest BCUT2D eigenvalue weighted by Crippen LogP contribution is -2.54. The highest BCUT2D eigenvalue weighted by atomic mass is 16.2. The number of anilines is 3. The van der Waals surface area contributed by atoms with E-state index in [1.54, 1.807) is 6.20 Å². The molecule has 10 heteroatoms. The smallest absolute Gasteiger partial charge is 0.271 e. The van der Waals surface area contributed by atoms with Crippen LogP contribution in [0.5, 0.6) is 0 Å². The molecule has 2 aliphatic heterocycles. The molecule has 4 heterocycles. The van der Waals surface area contributed by atoms with Crippen molar-refractivity contribution in [3.05, 3.63) is 64.7 Å². The fourth-order valence-electron chi connectivity index (χ4n) is 8.35. The van der Waals surface area contributed by atoms with E-state index >= 15 is 0 Å². The first-order chi connectivity index (χ1) is 22.6. The minimum Gasteiger partial charge on any atom is -0.364 e. The van der Waals surface area contributed by atoms with Crippen molar-refractivity contribution < 1.29 is 9.59 Å². The third kappa shape index (κ3) is 6.36. The second-order valence-corrected chi connectivity index (χ2v) is 15.2. The average Bonchev–Trinajstić information content (AvgIpc) is 3.49. The number of piperidine rings is 2. The van der Waals surface area contributed by atoms with Gasteiger partial charge in [0.25, 0.3) is 11.8 Å². The molecule has 1 saturated carbocycles. The van der Waals surface area contributed by atoms with Crippen LogP contribution in [-0.4, -0.2) is 69.0 Å². The van der Waals surface area contributed by atoms with Gasteiger partial charge in [0, 0.05) is 43.1 Å². The van der Waals surface area contributed by atoms with Crippen LogP contribution in [0.4, 0.5) is 17.3 Å². The van der Waals surface area contributed by atoms with E-state index < -0.39 is 5.91 Å². The maximum absolute atomic E-state index is 13.5. The number of amides is 2. The maximum Gasteiger partial charge on any atom is 0.271 e. The zero-order valence-corrected chi connectivity index (χ0v) is 28.4. The van der Waals surface area contributed by atoms with E-state index in [2.05, 4.69) is 81.1 Å². The van der Waals surface area contributed by atoms with Gasteiger partial charge in [-0.05, 0) is 112 Å². The van der Waals surface area contributed by atoms with Crippen molar-refractivity contribution in [2.24, 2.45) is 18.2 Å². The number of hydrogen-bond donors (Lipinski definition) is 3. The van der Waals surface area contributed by atoms with Crippen LogP contribution in [0, 0.1) is 5.41 Å². The molecule has 0 spiro atoms. The monoisotopic (exact) mass is 638 g/mol. The van der Waals surface area contributed by atoms with E-state index in [9.17, 15) is 9.59 Å². The van der Waals surface area contributed by atoms with Gasteiger partial charge in [-0.15, -0.1) is 0 Å². The SMILES string of the molecule is C[C@@H]1[C@H](NC(=O)c2cc3c(n2C)CC(C)(C)C3)CCCN1c1cnc(C(N)=O)c(Nc2ccc(C3CCN(C4CCC4)CC3)cc2)n1. The Morgan fingerprint density at radius 1 is 0.979 bits per heavy atom. The van der Waals surface area contributed by atoms with Crippen LogP contribution in [0.3, 0.4) is 0 Å². The fourth-order valence-corrected chi connectivity index (χ4v) is 8.35. The summed E-state index contributed by atoms with van der Waals surface area (Å²) in [6, 6.07) is 11.3. The number of rotatable bonds is 8. The van der Waals surface area contributed by atoms with Crippen molar-refractivity contribution in [2.45, 2.75) is 103 Å². The largest absolute Gasteiger partial charge is 0.364 e. The van der Waals surface area contributed by atoms with E-state index in [0.29, 0.717) is 17.6 Å². The van der Waals surface area contributed by atoms with E-state index in [1.807, 2.05) is 7.05 Å². The number of carbonyl (C=O) groups is 2. The van der Waals surface area contributed by atoms with Crippen LogP contribution < -0.4 is 21.3 Å². The highest BCUT2D eigenvalue weighted by Crippen LogP contribution is 2.38. The summed E-state index contributed by atoms with van der Waals surface area (Å²) in [6.07, 6.45) is 11.9. The van der Waals surface area contributed by atoms with Crippen molar-refractivity contribution in [1.82, 2.24) is 24.8 Å². The molecular formula is C37H50N8O2. The molecule has 0 radical (unpaired) electrons. The number of primary amides is 1. The predicted molar refractivity (Wildman–Crippen MR) is 185 cm³/mol. The van der Waals surface area contributed by atoms with Gasteiger partial charge in [-0.1, -0.05) is 32.4 Å². The average molecular weight is 639 g/mol. The molecule has 2 aromatic heterocycles. The Morgan fingerprint density at radius 3 is 2.38 bits per heavy atom. The molecule has 2 atom stereocenters. The standard InChI is InChI=1S/C37H50N8O2/c1-23-29(41-36(47)30-19-26-20-37(2,3)21-31(26)43(30)4)9-6-16-45(23)32-22-39-33(34(38)46)35(42-32)40-27-12-10-24(11-13-27)25-14-17-44(18-15-25)28-7-5-8-28/h10-13,19,22-23,25,28-29H,5-9,14-18,20-21H2,1-4H3,(H2,38,46)(H,40,42)(H,41,47)/t23-,29-/m1/s1. The number of benzene rings is 1. The molecule has 250 valence electrons. The number of nitrogens with one attached hydrogen (secondary N) is 2. The molecule has 7 rings (SSSR count). The first kappa shape index (κ1) is 31.7. The Morgan fingerprint density at radius 2 is 1.72 bits per heavy atom. The van der Waals surface area contributed by atoms with Crippen molar-refractivity contribution in [3.63, 3.8) is 0 Å². The first-order valence-electron chi connectivity index (χ1n) is 17.6. The number of nitrogens with two attached hydrogens (primary N) is 1. The maximum atomic E-state index is 13.5. The molecule has 2 amide bonds. The fraction of sp³-hybridized carbons (Fsp3) is 0.568. The topological polar surface area (TPSA) is 121 Å². The van der Waals surface area contributed by atoms with Crippen LogP contribution in [0.1, 0.15) is 109 Å². The van der Waals surface area contributed by atoms with E-state index in [0.717, 1.165) is 49.7 Å². The summed E-state index contributed by atoms with van der Waals surface area (Å²) < 4.78 is 2.07. The molecule has 2 aliphatic carbocycles. The van der Waals surface area contributed by atoms with Crippen LogP contribution >= 0.6 is 0 Å². The summed E-state index contributed by atoms with van der Waals surface area (Å²) in [5, 5.41) is 6.65. The van der Waals surface area contributed by atoms with Crippen molar-refractivity contribution >= 4 is 29.1 Å². The molecule has 4 N–H and O–H groups in total. The van der Waals surface area contributed by atoms with E-state index in [4.69, 9.17) is 10.7 Å². The van der Waals surface area contributed by atoms with Crippen LogP contribution in [0.2, 0.25) is 0 Å². The highest BCUT2D eigenvalue weighted by molar-refractivity contribution is 5.96. The Hall–Kier alpha value is -3.92. The lowest BCUT2D eigenvalue weighted by atomic mass is 9.85. The second-order valence-electron chi connectivity index (χ2n) is 15.2. The van der Waals surface area contributed by atoms with Crippen molar-refractivity contribution in [1.29, 1.82) is 0 Å². The zero-order chi connectivity index (χ0) is 32.9.